The van der Waals surface area contributed by atoms with E-state index in [1.807, 2.05) is 11.9 Å². The highest BCUT2D eigenvalue weighted by Gasteiger charge is 2.53. The highest BCUT2D eigenvalue weighted by Crippen LogP contribution is 2.43. The molecule has 2 saturated heterocycles. The summed E-state index contributed by atoms with van der Waals surface area (Å²) in [6.45, 7) is 2.21. The molecule has 1 aromatic rings. The largest absolute Gasteiger partial charge is 0.495 e. The van der Waals surface area contributed by atoms with Crippen LogP contribution in [-0.2, 0) is 4.79 Å². The van der Waals surface area contributed by atoms with Gasteiger partial charge in [-0.2, -0.15) is 0 Å². The minimum absolute atomic E-state index is 0.0425. The van der Waals surface area contributed by atoms with Gasteiger partial charge in [0.2, 0.25) is 5.91 Å². The van der Waals surface area contributed by atoms with Crippen molar-refractivity contribution in [3.05, 3.63) is 28.8 Å². The van der Waals surface area contributed by atoms with Crippen LogP contribution in [0.1, 0.15) is 29.6 Å². The van der Waals surface area contributed by atoms with E-state index in [0.29, 0.717) is 29.4 Å². The van der Waals surface area contributed by atoms with Crippen molar-refractivity contribution >= 4 is 23.4 Å². The van der Waals surface area contributed by atoms with Crippen molar-refractivity contribution in [2.75, 3.05) is 40.8 Å². The maximum atomic E-state index is 13.2. The molecule has 1 N–H and O–H groups in total. The number of benzene rings is 1. The van der Waals surface area contributed by atoms with Crippen LogP contribution in [0.2, 0.25) is 5.02 Å². The Labute approximate surface area is 159 Å². The first-order valence-corrected chi connectivity index (χ1v) is 9.36. The van der Waals surface area contributed by atoms with Gasteiger partial charge < -0.3 is 19.9 Å². The third kappa shape index (κ3) is 3.16. The van der Waals surface area contributed by atoms with Crippen molar-refractivity contribution < 1.29 is 14.3 Å². The SMILES string of the molecule is CNC(=O)[C@@]12CCCN(C(=O)c3ccc(OC)c(Cl)c3)[C@H]1CN(C)CC2. The van der Waals surface area contributed by atoms with E-state index in [0.717, 1.165) is 25.8 Å². The third-order valence-corrected chi connectivity index (χ3v) is 6.09. The number of hydrogen-bond donors (Lipinski definition) is 1. The predicted octanol–water partition coefficient (Wildman–Crippen LogP) is 2.02. The first-order chi connectivity index (χ1) is 12.4. The number of halogens is 1. The number of nitrogens with one attached hydrogen (secondary N) is 1. The molecule has 0 spiro atoms. The average molecular weight is 380 g/mol. The monoisotopic (exact) mass is 379 g/mol. The summed E-state index contributed by atoms with van der Waals surface area (Å²) in [6, 6.07) is 4.95. The molecule has 2 aliphatic heterocycles. The third-order valence-electron chi connectivity index (χ3n) is 5.80. The lowest BCUT2D eigenvalue weighted by atomic mass is 9.67. The topological polar surface area (TPSA) is 61.9 Å². The number of hydrogen-bond acceptors (Lipinski definition) is 4. The molecule has 142 valence electrons. The van der Waals surface area contributed by atoms with Gasteiger partial charge >= 0.3 is 0 Å². The van der Waals surface area contributed by atoms with Gasteiger partial charge in [0.05, 0.1) is 23.6 Å². The van der Waals surface area contributed by atoms with Crippen LogP contribution in [0, 0.1) is 5.41 Å². The van der Waals surface area contributed by atoms with Crippen LogP contribution in [0.25, 0.3) is 0 Å². The zero-order valence-electron chi connectivity index (χ0n) is 15.5. The Morgan fingerprint density at radius 2 is 2.08 bits per heavy atom. The second kappa shape index (κ2) is 7.45. The van der Waals surface area contributed by atoms with Crippen molar-refractivity contribution in [1.82, 2.24) is 15.1 Å². The lowest BCUT2D eigenvalue weighted by Crippen LogP contribution is -2.66. The molecule has 7 heteroatoms. The van der Waals surface area contributed by atoms with Crippen LogP contribution in [0.3, 0.4) is 0 Å². The van der Waals surface area contributed by atoms with Crippen molar-refractivity contribution in [2.24, 2.45) is 5.41 Å². The Balaban J connectivity index is 1.94. The highest BCUT2D eigenvalue weighted by atomic mass is 35.5. The Bertz CT molecular complexity index is 711. The van der Waals surface area contributed by atoms with Crippen LogP contribution < -0.4 is 10.1 Å². The van der Waals surface area contributed by atoms with Crippen molar-refractivity contribution in [3.8, 4) is 5.75 Å². The zero-order chi connectivity index (χ0) is 18.9. The lowest BCUT2D eigenvalue weighted by Gasteiger charge is -2.53. The van der Waals surface area contributed by atoms with Gasteiger partial charge in [0.25, 0.3) is 5.91 Å². The maximum absolute atomic E-state index is 13.2. The second-order valence-corrected chi connectivity index (χ2v) is 7.62. The molecule has 0 aliphatic carbocycles. The molecule has 0 bridgehead atoms. The number of likely N-dealkylation sites (N-methyl/N-ethyl adjacent to an activating group) is 1. The fourth-order valence-corrected chi connectivity index (χ4v) is 4.62. The fraction of sp³-hybridized carbons (Fsp3) is 0.579. The number of carbonyl (C=O) groups excluding carboxylic acids is 2. The number of nitrogens with zero attached hydrogens (tertiary/aromatic N) is 2. The highest BCUT2D eigenvalue weighted by molar-refractivity contribution is 6.32. The molecule has 1 aromatic carbocycles. The second-order valence-electron chi connectivity index (χ2n) is 7.21. The number of rotatable bonds is 3. The fourth-order valence-electron chi connectivity index (χ4n) is 4.36. The predicted molar refractivity (Wildman–Crippen MR) is 101 cm³/mol. The summed E-state index contributed by atoms with van der Waals surface area (Å²) in [6.07, 6.45) is 2.41. The molecule has 0 saturated carbocycles. The summed E-state index contributed by atoms with van der Waals surface area (Å²) in [4.78, 5) is 30.1. The number of methoxy groups -OCH3 is 1. The van der Waals surface area contributed by atoms with Gasteiger partial charge in [-0.05, 0) is 51.1 Å². The van der Waals surface area contributed by atoms with Gasteiger partial charge in [-0.25, -0.2) is 0 Å². The standard InChI is InChI=1S/C19H26ClN3O3/c1-21-18(25)19-7-4-9-23(16(19)12-22(2)10-8-19)17(24)13-5-6-15(26-3)14(20)11-13/h5-6,11,16H,4,7-10,12H2,1-3H3,(H,21,25)/t16-,19+/m0/s1. The molecule has 0 radical (unpaired) electrons. The van der Waals surface area contributed by atoms with Gasteiger partial charge in [0.1, 0.15) is 5.75 Å². The lowest BCUT2D eigenvalue weighted by molar-refractivity contribution is -0.141. The van der Waals surface area contributed by atoms with Crippen molar-refractivity contribution in [3.63, 3.8) is 0 Å². The van der Waals surface area contributed by atoms with E-state index in [9.17, 15) is 9.59 Å². The summed E-state index contributed by atoms with van der Waals surface area (Å²) in [7, 11) is 5.26. The quantitative estimate of drug-likeness (QED) is 0.872. The normalized spacial score (nSPS) is 26.2. The summed E-state index contributed by atoms with van der Waals surface area (Å²) in [5.74, 6) is 0.502. The molecular formula is C19H26ClN3O3. The molecule has 2 atom stereocenters. The summed E-state index contributed by atoms with van der Waals surface area (Å²) < 4.78 is 5.17. The van der Waals surface area contributed by atoms with E-state index < -0.39 is 5.41 Å². The first-order valence-electron chi connectivity index (χ1n) is 8.98. The molecule has 2 heterocycles. The molecule has 26 heavy (non-hydrogen) atoms. The molecule has 0 aromatic heterocycles. The number of carbonyl (C=O) groups is 2. The Morgan fingerprint density at radius 3 is 2.73 bits per heavy atom. The van der Waals surface area contributed by atoms with Gasteiger partial charge in [0.15, 0.2) is 0 Å². The van der Waals surface area contributed by atoms with Crippen LogP contribution in [0.15, 0.2) is 18.2 Å². The number of amides is 2. The van der Waals surface area contributed by atoms with E-state index >= 15 is 0 Å². The Kier molecular flexibility index (Phi) is 5.44. The van der Waals surface area contributed by atoms with E-state index in [1.54, 1.807) is 32.4 Å². The number of likely N-dealkylation sites (tertiary alicyclic amines) is 2. The minimum atomic E-state index is -0.508. The van der Waals surface area contributed by atoms with Crippen LogP contribution in [-0.4, -0.2) is 68.5 Å². The van der Waals surface area contributed by atoms with E-state index in [-0.39, 0.29) is 17.9 Å². The van der Waals surface area contributed by atoms with E-state index in [4.69, 9.17) is 16.3 Å². The van der Waals surface area contributed by atoms with Gasteiger partial charge in [-0.1, -0.05) is 11.6 Å². The Hall–Kier alpha value is -1.79. The minimum Gasteiger partial charge on any atom is -0.495 e. The van der Waals surface area contributed by atoms with Crippen LogP contribution in [0.4, 0.5) is 0 Å². The van der Waals surface area contributed by atoms with E-state index in [2.05, 4.69) is 10.2 Å². The Morgan fingerprint density at radius 1 is 1.31 bits per heavy atom. The maximum Gasteiger partial charge on any atom is 0.254 e. The van der Waals surface area contributed by atoms with Gasteiger partial charge in [0, 0.05) is 25.7 Å². The van der Waals surface area contributed by atoms with Crippen LogP contribution in [0.5, 0.6) is 5.75 Å². The number of piperidine rings is 2. The molecule has 2 fully saturated rings. The molecule has 3 rings (SSSR count). The smallest absolute Gasteiger partial charge is 0.254 e. The summed E-state index contributed by atoms with van der Waals surface area (Å²) >= 11 is 6.21. The molecule has 0 unspecified atom stereocenters. The summed E-state index contributed by atoms with van der Waals surface area (Å²) in [5.41, 5.74) is 0.0163. The van der Waals surface area contributed by atoms with Gasteiger partial charge in [-0.15, -0.1) is 0 Å². The van der Waals surface area contributed by atoms with E-state index in [1.165, 1.54) is 0 Å². The molecular weight excluding hydrogens is 354 g/mol. The van der Waals surface area contributed by atoms with Crippen molar-refractivity contribution in [1.29, 1.82) is 0 Å². The molecule has 2 aliphatic rings. The van der Waals surface area contributed by atoms with Gasteiger partial charge in [-0.3, -0.25) is 9.59 Å². The van der Waals surface area contributed by atoms with Crippen LogP contribution >= 0.6 is 11.6 Å². The zero-order valence-corrected chi connectivity index (χ0v) is 16.3. The van der Waals surface area contributed by atoms with Crippen molar-refractivity contribution in [2.45, 2.75) is 25.3 Å². The number of ether oxygens (including phenoxy) is 1. The molecule has 2 amide bonds. The number of fused-ring (bicyclic) bond motifs is 1. The molecule has 6 nitrogen and oxygen atoms in total. The average Bonchev–Trinajstić information content (AvgIpc) is 2.66. The first kappa shape index (κ1) is 19.0. The summed E-state index contributed by atoms with van der Waals surface area (Å²) in [5, 5.41) is 3.24.